The van der Waals surface area contributed by atoms with Crippen molar-refractivity contribution >= 4 is 39.0 Å². The van der Waals surface area contributed by atoms with Gasteiger partial charge in [0.2, 0.25) is 5.91 Å². The first-order valence-corrected chi connectivity index (χ1v) is 15.7. The average molecular weight is 568 g/mol. The number of ether oxygens (including phenoxy) is 1. The van der Waals surface area contributed by atoms with Crippen LogP contribution < -0.4 is 5.32 Å². The number of carbonyl (C=O) groups is 3. The van der Waals surface area contributed by atoms with E-state index in [0.29, 0.717) is 56.4 Å². The molecular formula is C32H45N3O4S. The highest BCUT2D eigenvalue weighted by atomic mass is 32.1. The molecule has 0 bridgehead atoms. The number of ketones is 2. The van der Waals surface area contributed by atoms with E-state index < -0.39 is 5.92 Å². The van der Waals surface area contributed by atoms with Crippen molar-refractivity contribution in [2.24, 2.45) is 11.8 Å². The van der Waals surface area contributed by atoms with E-state index in [1.54, 1.807) is 18.3 Å². The molecule has 1 aliphatic carbocycles. The molecule has 4 rings (SSSR count). The van der Waals surface area contributed by atoms with Gasteiger partial charge in [0.1, 0.15) is 5.78 Å². The molecule has 0 radical (unpaired) electrons. The monoisotopic (exact) mass is 567 g/mol. The lowest BCUT2D eigenvalue weighted by Gasteiger charge is -2.28. The molecule has 1 saturated carbocycles. The molecule has 2 aromatic rings. The van der Waals surface area contributed by atoms with Crippen LogP contribution in [0, 0.1) is 11.8 Å². The normalized spacial score (nSPS) is 18.2. The van der Waals surface area contributed by atoms with Crippen LogP contribution in [0.15, 0.2) is 30.4 Å². The van der Waals surface area contributed by atoms with E-state index >= 15 is 0 Å². The molecule has 1 aliphatic heterocycles. The van der Waals surface area contributed by atoms with Crippen LogP contribution in [0.25, 0.3) is 10.2 Å². The topological polar surface area (TPSA) is 88.6 Å². The van der Waals surface area contributed by atoms with Gasteiger partial charge in [-0.2, -0.15) is 0 Å². The number of hydrogen-bond donors (Lipinski definition) is 1. The van der Waals surface area contributed by atoms with Crippen molar-refractivity contribution in [2.75, 3.05) is 32.8 Å². The summed E-state index contributed by atoms with van der Waals surface area (Å²) in [6.45, 7) is 13.5. The Balaban J connectivity index is 1.40. The third-order valence-corrected chi connectivity index (χ3v) is 9.38. The van der Waals surface area contributed by atoms with E-state index in [1.165, 1.54) is 5.56 Å². The first-order valence-electron chi connectivity index (χ1n) is 14.9. The third kappa shape index (κ3) is 8.54. The maximum absolute atomic E-state index is 13.6. The van der Waals surface area contributed by atoms with E-state index in [1.807, 2.05) is 6.07 Å². The lowest BCUT2D eigenvalue weighted by molar-refractivity contribution is -0.129. The Morgan fingerprint density at radius 2 is 1.90 bits per heavy atom. The number of carbonyl (C=O) groups excluding carboxylic acids is 3. The van der Waals surface area contributed by atoms with Crippen molar-refractivity contribution in [3.63, 3.8) is 0 Å². The van der Waals surface area contributed by atoms with Gasteiger partial charge in [-0.25, -0.2) is 4.98 Å². The second kappa shape index (κ2) is 14.5. The number of fused-ring (bicyclic) bond motifs is 1. The Kier molecular flexibility index (Phi) is 11.0. The van der Waals surface area contributed by atoms with Gasteiger partial charge in [0.25, 0.3) is 0 Å². The number of aromatic nitrogens is 1. The summed E-state index contributed by atoms with van der Waals surface area (Å²) in [4.78, 5) is 45.8. The van der Waals surface area contributed by atoms with E-state index in [2.05, 4.69) is 42.8 Å². The van der Waals surface area contributed by atoms with Crippen LogP contribution >= 0.6 is 11.3 Å². The van der Waals surface area contributed by atoms with Crippen LogP contribution in [0.5, 0.6) is 0 Å². The largest absolute Gasteiger partial charge is 0.379 e. The van der Waals surface area contributed by atoms with Gasteiger partial charge in [-0.1, -0.05) is 39.3 Å². The average Bonchev–Trinajstić information content (AvgIpc) is 3.60. The predicted octanol–water partition coefficient (Wildman–Crippen LogP) is 5.47. The number of nitrogens with one attached hydrogen (secondary N) is 1. The summed E-state index contributed by atoms with van der Waals surface area (Å²) in [6.07, 6.45) is 6.01. The van der Waals surface area contributed by atoms with Gasteiger partial charge in [0.15, 0.2) is 5.78 Å². The molecule has 2 heterocycles. The Hall–Kier alpha value is -2.42. The zero-order valence-electron chi connectivity index (χ0n) is 24.4. The molecule has 7 nitrogen and oxygen atoms in total. The lowest BCUT2D eigenvalue weighted by atomic mass is 9.90. The molecule has 0 spiro atoms. The SMILES string of the molecule is C=C(CN1CCOCC1)C(=O)CC[C@@H](NC(=O)[C@@H](CC(C)=O)Cc1nc2ccc(C(C)C)cc2s1)C1CCCC1. The van der Waals surface area contributed by atoms with Crippen molar-refractivity contribution in [1.29, 1.82) is 0 Å². The first kappa shape index (κ1) is 30.5. The van der Waals surface area contributed by atoms with Gasteiger partial charge in [-0.05, 0) is 55.7 Å². The smallest absolute Gasteiger partial charge is 0.224 e. The number of rotatable bonds is 14. The van der Waals surface area contributed by atoms with E-state index in [9.17, 15) is 14.4 Å². The molecular weight excluding hydrogens is 522 g/mol. The fourth-order valence-corrected chi connectivity index (χ4v) is 7.01. The molecule has 8 heteroatoms. The van der Waals surface area contributed by atoms with Crippen molar-refractivity contribution in [3.05, 3.63) is 40.9 Å². The Morgan fingerprint density at radius 1 is 1.18 bits per heavy atom. The zero-order valence-corrected chi connectivity index (χ0v) is 25.2. The number of thiazole rings is 1. The molecule has 2 atom stereocenters. The van der Waals surface area contributed by atoms with Gasteiger partial charge >= 0.3 is 0 Å². The molecule has 1 aromatic heterocycles. The Bertz CT molecular complexity index is 1190. The fourth-order valence-electron chi connectivity index (χ4n) is 5.92. The zero-order chi connectivity index (χ0) is 28.6. The number of Topliss-reactive ketones (excluding diaryl/α,β-unsaturated/α-hetero) is 2. The molecule has 2 fully saturated rings. The second-order valence-electron chi connectivity index (χ2n) is 11.9. The summed E-state index contributed by atoms with van der Waals surface area (Å²) in [5.41, 5.74) is 2.83. The number of nitrogens with zero attached hydrogens (tertiary/aromatic N) is 2. The van der Waals surface area contributed by atoms with Crippen LogP contribution in [0.4, 0.5) is 0 Å². The van der Waals surface area contributed by atoms with Crippen molar-refractivity contribution in [2.45, 2.75) is 84.1 Å². The van der Waals surface area contributed by atoms with Gasteiger partial charge in [-0.3, -0.25) is 14.5 Å². The summed E-state index contributed by atoms with van der Waals surface area (Å²) in [5.74, 6) is 0.281. The maximum atomic E-state index is 13.6. The number of amides is 1. The van der Waals surface area contributed by atoms with Crippen LogP contribution in [0.1, 0.15) is 82.2 Å². The molecule has 1 saturated heterocycles. The van der Waals surface area contributed by atoms with Crippen molar-refractivity contribution in [3.8, 4) is 0 Å². The Morgan fingerprint density at radius 3 is 2.58 bits per heavy atom. The van der Waals surface area contributed by atoms with E-state index in [4.69, 9.17) is 9.72 Å². The molecule has 1 amide bonds. The van der Waals surface area contributed by atoms with Crippen molar-refractivity contribution < 1.29 is 19.1 Å². The van der Waals surface area contributed by atoms with E-state index in [-0.39, 0.29) is 29.9 Å². The highest BCUT2D eigenvalue weighted by Crippen LogP contribution is 2.31. The van der Waals surface area contributed by atoms with E-state index in [0.717, 1.165) is 54.0 Å². The van der Waals surface area contributed by atoms with Crippen LogP contribution in [-0.2, 0) is 25.5 Å². The molecule has 1 aromatic carbocycles. The summed E-state index contributed by atoms with van der Waals surface area (Å²) in [5, 5.41) is 4.17. The summed E-state index contributed by atoms with van der Waals surface area (Å²) < 4.78 is 6.52. The minimum Gasteiger partial charge on any atom is -0.379 e. The summed E-state index contributed by atoms with van der Waals surface area (Å²) >= 11 is 1.61. The minimum absolute atomic E-state index is 0.00430. The van der Waals surface area contributed by atoms with Gasteiger partial charge in [0.05, 0.1) is 34.4 Å². The first-order chi connectivity index (χ1) is 19.2. The molecule has 2 aliphatic rings. The highest BCUT2D eigenvalue weighted by molar-refractivity contribution is 7.18. The van der Waals surface area contributed by atoms with Gasteiger partial charge < -0.3 is 14.8 Å². The predicted molar refractivity (Wildman–Crippen MR) is 161 cm³/mol. The number of benzene rings is 1. The minimum atomic E-state index is -0.474. The molecule has 0 unspecified atom stereocenters. The standard InChI is InChI=1S/C32H45N3O4S/c1-21(2)25-9-10-28-30(18-25)40-31(33-28)19-26(17-23(4)36)32(38)34-27(24-7-5-6-8-24)11-12-29(37)22(3)20-35-13-15-39-16-14-35/h9-10,18,21,24,26-27H,3,5-8,11-17,19-20H2,1-2,4H3,(H,34,38)/t26-,27+/m0/s1. The summed E-state index contributed by atoms with van der Waals surface area (Å²) in [7, 11) is 0. The number of hydrogen-bond acceptors (Lipinski definition) is 7. The van der Waals surface area contributed by atoms with Crippen LogP contribution in [0.2, 0.25) is 0 Å². The van der Waals surface area contributed by atoms with Crippen molar-refractivity contribution in [1.82, 2.24) is 15.2 Å². The quantitative estimate of drug-likeness (QED) is 0.305. The fraction of sp³-hybridized carbons (Fsp3) is 0.625. The molecule has 1 N–H and O–H groups in total. The molecule has 218 valence electrons. The van der Waals surface area contributed by atoms with Gasteiger partial charge in [0, 0.05) is 50.5 Å². The molecule has 40 heavy (non-hydrogen) atoms. The lowest BCUT2D eigenvalue weighted by Crippen LogP contribution is -2.44. The second-order valence-corrected chi connectivity index (χ2v) is 13.0. The summed E-state index contributed by atoms with van der Waals surface area (Å²) in [6, 6.07) is 6.26. The Labute approximate surface area is 242 Å². The number of morpholine rings is 1. The van der Waals surface area contributed by atoms with Gasteiger partial charge in [-0.15, -0.1) is 11.3 Å². The van der Waals surface area contributed by atoms with Crippen LogP contribution in [0.3, 0.4) is 0 Å². The highest BCUT2D eigenvalue weighted by Gasteiger charge is 2.31. The van der Waals surface area contributed by atoms with Crippen LogP contribution in [-0.4, -0.2) is 66.2 Å². The maximum Gasteiger partial charge on any atom is 0.224 e. The third-order valence-electron chi connectivity index (χ3n) is 8.34.